The molecule has 6 nitrogen and oxygen atoms in total. The zero-order valence-electron chi connectivity index (χ0n) is 16.3. The van der Waals surface area contributed by atoms with Crippen LogP contribution in [0, 0.1) is 0 Å². The van der Waals surface area contributed by atoms with E-state index in [0.717, 1.165) is 37.7 Å². The van der Waals surface area contributed by atoms with Crippen molar-refractivity contribution in [1.82, 2.24) is 20.0 Å². The molecule has 0 spiro atoms. The quantitative estimate of drug-likeness (QED) is 0.661. The van der Waals surface area contributed by atoms with Crippen LogP contribution < -0.4 is 0 Å². The lowest BCUT2D eigenvalue weighted by atomic mass is 9.90. The number of aromatic nitrogens is 3. The van der Waals surface area contributed by atoms with Gasteiger partial charge in [0.25, 0.3) is 0 Å². The Kier molecular flexibility index (Phi) is 4.84. The largest absolute Gasteiger partial charge is 0.339 e. The SMILES string of the molecule is O=C(CCc1ccccc1)N1[C@@H]2CC[C@H]1CC(c1nc(-c3cccnc3)no1)C2. The molecule has 2 aliphatic heterocycles. The number of amides is 1. The van der Waals surface area contributed by atoms with Crippen molar-refractivity contribution >= 4 is 5.91 Å². The van der Waals surface area contributed by atoms with E-state index in [0.29, 0.717) is 18.1 Å². The molecule has 1 amide bonds. The number of benzene rings is 1. The lowest BCUT2D eigenvalue weighted by molar-refractivity contribution is -0.135. The highest BCUT2D eigenvalue weighted by Crippen LogP contribution is 2.43. The van der Waals surface area contributed by atoms with Gasteiger partial charge in [-0.1, -0.05) is 35.5 Å². The van der Waals surface area contributed by atoms with Crippen molar-refractivity contribution in [2.45, 2.75) is 56.5 Å². The van der Waals surface area contributed by atoms with Crippen molar-refractivity contribution < 1.29 is 9.32 Å². The normalized spacial score (nSPS) is 23.3. The van der Waals surface area contributed by atoms with Gasteiger partial charge < -0.3 is 9.42 Å². The first-order chi connectivity index (χ1) is 14.3. The number of pyridine rings is 1. The molecule has 2 fully saturated rings. The topological polar surface area (TPSA) is 72.1 Å². The maximum atomic E-state index is 12.9. The highest BCUT2D eigenvalue weighted by Gasteiger charge is 2.44. The molecule has 2 aromatic heterocycles. The number of hydrogen-bond donors (Lipinski definition) is 0. The van der Waals surface area contributed by atoms with Crippen LogP contribution in [0.25, 0.3) is 11.4 Å². The standard InChI is InChI=1S/C23H24N4O2/c28-21(11-8-16-5-2-1-3-6-16)27-19-9-10-20(27)14-18(13-19)23-25-22(26-29-23)17-7-4-12-24-15-17/h1-7,12,15,18-20H,8-11,13-14H2/t18?,19-,20+. The average Bonchev–Trinajstić information content (AvgIpc) is 3.36. The number of hydrogen-bond acceptors (Lipinski definition) is 5. The fraction of sp³-hybridized carbons (Fsp3) is 0.391. The first kappa shape index (κ1) is 18.0. The summed E-state index contributed by atoms with van der Waals surface area (Å²) in [7, 11) is 0. The van der Waals surface area contributed by atoms with Crippen LogP contribution in [0.1, 0.15) is 49.5 Å². The van der Waals surface area contributed by atoms with E-state index in [4.69, 9.17) is 4.52 Å². The highest BCUT2D eigenvalue weighted by molar-refractivity contribution is 5.77. The second-order valence-electron chi connectivity index (χ2n) is 8.04. The lowest BCUT2D eigenvalue weighted by Gasteiger charge is -2.38. The van der Waals surface area contributed by atoms with Crippen molar-refractivity contribution in [1.29, 1.82) is 0 Å². The van der Waals surface area contributed by atoms with Crippen LogP contribution in [-0.2, 0) is 11.2 Å². The molecule has 0 radical (unpaired) electrons. The Balaban J connectivity index is 1.24. The summed E-state index contributed by atoms with van der Waals surface area (Å²) in [5, 5.41) is 4.14. The number of nitrogens with zero attached hydrogens (tertiary/aromatic N) is 4. The molecule has 3 atom stereocenters. The number of aryl methyl sites for hydroxylation is 1. The molecular formula is C23H24N4O2. The number of carbonyl (C=O) groups excluding carboxylic acids is 1. The summed E-state index contributed by atoms with van der Waals surface area (Å²) < 4.78 is 5.59. The van der Waals surface area contributed by atoms with Crippen LogP contribution in [0.5, 0.6) is 0 Å². The molecule has 3 aromatic rings. The van der Waals surface area contributed by atoms with Gasteiger partial charge in [0.2, 0.25) is 17.6 Å². The number of rotatable bonds is 5. The Morgan fingerprint density at radius 1 is 1.07 bits per heavy atom. The Hall–Kier alpha value is -3.02. The Morgan fingerprint density at radius 3 is 2.59 bits per heavy atom. The molecule has 29 heavy (non-hydrogen) atoms. The smallest absolute Gasteiger partial charge is 0.230 e. The fourth-order valence-electron chi connectivity index (χ4n) is 4.82. The van der Waals surface area contributed by atoms with Crippen molar-refractivity contribution in [3.8, 4) is 11.4 Å². The summed E-state index contributed by atoms with van der Waals surface area (Å²) in [6.45, 7) is 0. The van der Waals surface area contributed by atoms with Crippen LogP contribution >= 0.6 is 0 Å². The first-order valence-corrected chi connectivity index (χ1v) is 10.4. The summed E-state index contributed by atoms with van der Waals surface area (Å²) in [6, 6.07) is 14.6. The molecule has 2 aliphatic rings. The monoisotopic (exact) mass is 388 g/mol. The zero-order valence-corrected chi connectivity index (χ0v) is 16.3. The van der Waals surface area contributed by atoms with Gasteiger partial charge in [-0.15, -0.1) is 0 Å². The third-order valence-corrected chi connectivity index (χ3v) is 6.20. The minimum Gasteiger partial charge on any atom is -0.339 e. The summed E-state index contributed by atoms with van der Waals surface area (Å²) in [4.78, 5) is 23.8. The lowest BCUT2D eigenvalue weighted by Crippen LogP contribution is -2.46. The summed E-state index contributed by atoms with van der Waals surface area (Å²) in [6.07, 6.45) is 8.80. The third-order valence-electron chi connectivity index (χ3n) is 6.20. The van der Waals surface area contributed by atoms with E-state index in [1.165, 1.54) is 5.56 Å². The highest BCUT2D eigenvalue weighted by atomic mass is 16.5. The molecule has 2 saturated heterocycles. The van der Waals surface area contributed by atoms with E-state index in [2.05, 4.69) is 32.2 Å². The van der Waals surface area contributed by atoms with Crippen LogP contribution in [0.15, 0.2) is 59.4 Å². The Labute approximate surface area is 170 Å². The van der Waals surface area contributed by atoms with Crippen molar-refractivity contribution in [3.63, 3.8) is 0 Å². The van der Waals surface area contributed by atoms with E-state index in [-0.39, 0.29) is 23.9 Å². The summed E-state index contributed by atoms with van der Waals surface area (Å²) in [5.74, 6) is 1.78. The van der Waals surface area contributed by atoms with Gasteiger partial charge >= 0.3 is 0 Å². The number of carbonyl (C=O) groups is 1. The second kappa shape index (κ2) is 7.78. The number of fused-ring (bicyclic) bond motifs is 2. The molecule has 1 unspecified atom stereocenters. The molecule has 0 N–H and O–H groups in total. The van der Waals surface area contributed by atoms with Crippen LogP contribution in [0.2, 0.25) is 0 Å². The molecule has 5 rings (SSSR count). The summed E-state index contributed by atoms with van der Waals surface area (Å²) in [5.41, 5.74) is 2.08. The molecule has 148 valence electrons. The van der Waals surface area contributed by atoms with E-state index >= 15 is 0 Å². The van der Waals surface area contributed by atoms with Gasteiger partial charge in [0.05, 0.1) is 0 Å². The third kappa shape index (κ3) is 3.67. The maximum absolute atomic E-state index is 12.9. The predicted molar refractivity (Wildman–Crippen MR) is 108 cm³/mol. The molecule has 1 aromatic carbocycles. The van der Waals surface area contributed by atoms with E-state index in [9.17, 15) is 4.79 Å². The van der Waals surface area contributed by atoms with Gasteiger partial charge in [-0.2, -0.15) is 4.98 Å². The molecule has 0 saturated carbocycles. The van der Waals surface area contributed by atoms with Crippen LogP contribution in [0.4, 0.5) is 0 Å². The van der Waals surface area contributed by atoms with Crippen LogP contribution in [-0.4, -0.2) is 38.0 Å². The average molecular weight is 388 g/mol. The zero-order chi connectivity index (χ0) is 19.6. The van der Waals surface area contributed by atoms with Gasteiger partial charge in [0.1, 0.15) is 0 Å². The van der Waals surface area contributed by atoms with Gasteiger partial charge in [0.15, 0.2) is 0 Å². The molecule has 6 heteroatoms. The molecule has 2 bridgehead atoms. The molecule has 0 aliphatic carbocycles. The van der Waals surface area contributed by atoms with E-state index < -0.39 is 0 Å². The first-order valence-electron chi connectivity index (χ1n) is 10.4. The van der Waals surface area contributed by atoms with Gasteiger partial charge in [-0.3, -0.25) is 9.78 Å². The van der Waals surface area contributed by atoms with Crippen molar-refractivity contribution in [2.24, 2.45) is 0 Å². The van der Waals surface area contributed by atoms with Gasteiger partial charge in [-0.05, 0) is 49.8 Å². The summed E-state index contributed by atoms with van der Waals surface area (Å²) >= 11 is 0. The van der Waals surface area contributed by atoms with Gasteiger partial charge in [-0.25, -0.2) is 0 Å². The maximum Gasteiger partial charge on any atom is 0.230 e. The van der Waals surface area contributed by atoms with E-state index in [1.54, 1.807) is 12.4 Å². The van der Waals surface area contributed by atoms with Crippen molar-refractivity contribution in [3.05, 3.63) is 66.3 Å². The predicted octanol–water partition coefficient (Wildman–Crippen LogP) is 4.00. The van der Waals surface area contributed by atoms with E-state index in [1.807, 2.05) is 30.3 Å². The minimum absolute atomic E-state index is 0.226. The van der Waals surface area contributed by atoms with Crippen LogP contribution in [0.3, 0.4) is 0 Å². The second-order valence-corrected chi connectivity index (χ2v) is 8.04. The molecule has 4 heterocycles. The fourth-order valence-corrected chi connectivity index (χ4v) is 4.82. The Bertz CT molecular complexity index is 959. The minimum atomic E-state index is 0.226. The van der Waals surface area contributed by atoms with Crippen molar-refractivity contribution in [2.75, 3.05) is 0 Å². The number of piperidine rings is 1. The molecular weight excluding hydrogens is 364 g/mol. The van der Waals surface area contributed by atoms with Gasteiger partial charge in [0, 0.05) is 42.4 Å². The Morgan fingerprint density at radius 2 is 1.86 bits per heavy atom.